The Hall–Kier alpha value is -4.53. The first-order chi connectivity index (χ1) is 17.3. The van der Waals surface area contributed by atoms with E-state index >= 15 is 0 Å². The normalized spacial score (nSPS) is 12.4. The predicted molar refractivity (Wildman–Crippen MR) is 128 cm³/mol. The van der Waals surface area contributed by atoms with Crippen molar-refractivity contribution in [3.05, 3.63) is 102 Å². The van der Waals surface area contributed by atoms with Gasteiger partial charge in [0.25, 0.3) is 0 Å². The Morgan fingerprint density at radius 1 is 0.917 bits per heavy atom. The van der Waals surface area contributed by atoms with Gasteiger partial charge in [-0.25, -0.2) is 0 Å². The molecule has 0 saturated heterocycles. The molecule has 0 aliphatic carbocycles. The van der Waals surface area contributed by atoms with Crippen molar-refractivity contribution in [2.24, 2.45) is 0 Å². The number of halogens is 3. The van der Waals surface area contributed by atoms with Crippen LogP contribution in [0.15, 0.2) is 85.3 Å². The molecule has 0 fully saturated rings. The quantitative estimate of drug-likeness (QED) is 0.265. The van der Waals surface area contributed by atoms with E-state index in [0.717, 1.165) is 23.4 Å². The van der Waals surface area contributed by atoms with Crippen LogP contribution >= 0.6 is 0 Å². The number of Topliss-reactive ketones (excluding diaryl/α,β-unsaturated/α-hetero) is 1. The molecule has 3 heterocycles. The zero-order chi connectivity index (χ0) is 25.3. The maximum atomic E-state index is 13.2. The molecule has 0 radical (unpaired) electrons. The molecule has 0 spiro atoms. The third-order valence-electron chi connectivity index (χ3n) is 5.77. The predicted octanol–water partition coefficient (Wildman–Crippen LogP) is 6.82. The molecule has 0 saturated carbocycles. The van der Waals surface area contributed by atoms with Gasteiger partial charge in [0, 0.05) is 23.3 Å². The summed E-state index contributed by atoms with van der Waals surface area (Å²) in [5.41, 5.74) is 1.78. The second kappa shape index (κ2) is 9.26. The van der Waals surface area contributed by atoms with E-state index in [4.69, 9.17) is 4.74 Å². The number of carbonyl (C=O) groups excluding carboxylic acids is 1. The molecule has 2 aromatic carbocycles. The van der Waals surface area contributed by atoms with Crippen LogP contribution in [0.1, 0.15) is 34.6 Å². The van der Waals surface area contributed by atoms with Crippen LogP contribution in [0, 0.1) is 0 Å². The number of nitrogens with zero attached hydrogens (tertiary/aromatic N) is 3. The highest BCUT2D eigenvalue weighted by atomic mass is 19.4. The van der Waals surface area contributed by atoms with Gasteiger partial charge in [0.1, 0.15) is 17.2 Å². The Morgan fingerprint density at radius 3 is 2.44 bits per heavy atom. The average Bonchev–Trinajstić information content (AvgIpc) is 3.31. The van der Waals surface area contributed by atoms with Gasteiger partial charge in [0.05, 0.1) is 28.9 Å². The van der Waals surface area contributed by atoms with E-state index < -0.39 is 17.7 Å². The molecule has 1 unspecified atom stereocenters. The fraction of sp³-hybridized carbons (Fsp3) is 0.111. The summed E-state index contributed by atoms with van der Waals surface area (Å²) in [4.78, 5) is 21.4. The van der Waals surface area contributed by atoms with Crippen molar-refractivity contribution in [3.8, 4) is 22.6 Å². The fourth-order valence-corrected chi connectivity index (χ4v) is 3.81. The Bertz CT molecular complexity index is 1530. The van der Waals surface area contributed by atoms with Gasteiger partial charge in [0.15, 0.2) is 5.78 Å². The number of aromatic amines is 1. The van der Waals surface area contributed by atoms with Crippen molar-refractivity contribution in [2.45, 2.75) is 19.0 Å². The lowest BCUT2D eigenvalue weighted by molar-refractivity contribution is -0.137. The number of pyridine rings is 2. The van der Waals surface area contributed by atoms with Gasteiger partial charge in [-0.3, -0.25) is 19.9 Å². The molecule has 9 heteroatoms. The number of alkyl halides is 3. The maximum absolute atomic E-state index is 13.2. The van der Waals surface area contributed by atoms with Crippen LogP contribution in [0.25, 0.3) is 22.0 Å². The van der Waals surface area contributed by atoms with Gasteiger partial charge >= 0.3 is 6.18 Å². The smallest absolute Gasteiger partial charge is 0.417 e. The molecular formula is C27H19F3N4O2. The molecule has 1 N–H and O–H groups in total. The number of fused-ring (bicyclic) bond motifs is 1. The lowest BCUT2D eigenvalue weighted by Gasteiger charge is -2.11. The van der Waals surface area contributed by atoms with Crippen molar-refractivity contribution < 1.29 is 22.7 Å². The van der Waals surface area contributed by atoms with E-state index in [1.807, 2.05) is 48.5 Å². The number of benzene rings is 2. The molecular weight excluding hydrogens is 469 g/mol. The summed E-state index contributed by atoms with van der Waals surface area (Å²) in [7, 11) is 0. The Balaban J connectivity index is 1.43. The molecule has 3 aromatic heterocycles. The van der Waals surface area contributed by atoms with E-state index in [9.17, 15) is 18.0 Å². The second-order valence-electron chi connectivity index (χ2n) is 8.21. The number of hydrogen-bond donors (Lipinski definition) is 1. The lowest BCUT2D eigenvalue weighted by Crippen LogP contribution is -2.13. The van der Waals surface area contributed by atoms with Gasteiger partial charge in [-0.2, -0.15) is 18.3 Å². The summed E-state index contributed by atoms with van der Waals surface area (Å²) in [6.45, 7) is 1.59. The van der Waals surface area contributed by atoms with Gasteiger partial charge in [-0.1, -0.05) is 24.3 Å². The van der Waals surface area contributed by atoms with Crippen LogP contribution in [0.3, 0.4) is 0 Å². The summed E-state index contributed by atoms with van der Waals surface area (Å²) >= 11 is 0. The zero-order valence-corrected chi connectivity index (χ0v) is 19.0. The number of ether oxygens (including phenoxy) is 1. The van der Waals surface area contributed by atoms with Crippen molar-refractivity contribution >= 4 is 16.7 Å². The highest BCUT2D eigenvalue weighted by molar-refractivity contribution is 6.09. The van der Waals surface area contributed by atoms with Crippen molar-refractivity contribution in [3.63, 3.8) is 0 Å². The summed E-state index contributed by atoms with van der Waals surface area (Å²) in [6.07, 6.45) is -0.459. The lowest BCUT2D eigenvalue weighted by atomic mass is 9.96. The first-order valence-electron chi connectivity index (χ1n) is 11.0. The minimum absolute atomic E-state index is 0.186. The molecule has 0 bridgehead atoms. The molecule has 0 amide bonds. The first kappa shape index (κ1) is 23.2. The largest absolute Gasteiger partial charge is 0.456 e. The first-order valence-corrected chi connectivity index (χ1v) is 11.0. The second-order valence-corrected chi connectivity index (χ2v) is 8.21. The van der Waals surface area contributed by atoms with E-state index in [-0.39, 0.29) is 17.2 Å². The average molecular weight is 488 g/mol. The van der Waals surface area contributed by atoms with Gasteiger partial charge in [-0.05, 0) is 55.0 Å². The van der Waals surface area contributed by atoms with Crippen LogP contribution < -0.4 is 4.74 Å². The van der Waals surface area contributed by atoms with E-state index in [1.165, 1.54) is 6.07 Å². The number of carbonyl (C=O) groups is 1. The molecule has 5 rings (SSSR count). The van der Waals surface area contributed by atoms with E-state index in [2.05, 4.69) is 20.2 Å². The number of ketones is 1. The third-order valence-corrected chi connectivity index (χ3v) is 5.77. The number of rotatable bonds is 6. The maximum Gasteiger partial charge on any atom is 0.417 e. The molecule has 5 aromatic rings. The van der Waals surface area contributed by atoms with E-state index in [1.54, 1.807) is 25.4 Å². The Labute approximate surface area is 203 Å². The monoisotopic (exact) mass is 488 g/mol. The van der Waals surface area contributed by atoms with Crippen molar-refractivity contribution in [2.75, 3.05) is 0 Å². The molecule has 1 atom stereocenters. The van der Waals surface area contributed by atoms with Crippen LogP contribution in [0.2, 0.25) is 0 Å². The van der Waals surface area contributed by atoms with Crippen molar-refractivity contribution in [1.29, 1.82) is 0 Å². The summed E-state index contributed by atoms with van der Waals surface area (Å²) in [5, 5.41) is 7.62. The van der Waals surface area contributed by atoms with Gasteiger partial charge < -0.3 is 4.74 Å². The Kier molecular flexibility index (Phi) is 5.97. The zero-order valence-electron chi connectivity index (χ0n) is 19.0. The number of para-hydroxylation sites is 1. The summed E-state index contributed by atoms with van der Waals surface area (Å²) in [5.74, 6) is 0.0985. The number of H-pyrrole nitrogens is 1. The minimum atomic E-state index is -4.49. The highest BCUT2D eigenvalue weighted by Gasteiger charge is 2.31. The molecule has 180 valence electrons. The standard InChI is InChI=1S/C27H19F3N4O2/c1-16(23-10-8-19(14-32-23)27(28,29)30)26(35)25-22-12-17(7-9-24(22)33-34-25)18-11-21(15-31-13-18)36-20-5-3-2-4-6-20/h2-16H,1H3,(H,33,34). The SMILES string of the molecule is CC(C(=O)c1n[nH]c2ccc(-c3cncc(Oc4ccccc4)c3)cc12)c1ccc(C(F)(F)F)cn1. The van der Waals surface area contributed by atoms with Crippen molar-refractivity contribution in [1.82, 2.24) is 20.2 Å². The highest BCUT2D eigenvalue weighted by Crippen LogP contribution is 2.32. The third kappa shape index (κ3) is 4.68. The summed E-state index contributed by atoms with van der Waals surface area (Å²) in [6, 6.07) is 18.8. The van der Waals surface area contributed by atoms with Crippen LogP contribution in [0.4, 0.5) is 13.2 Å². The van der Waals surface area contributed by atoms with Crippen LogP contribution in [-0.4, -0.2) is 25.9 Å². The van der Waals surface area contributed by atoms with Crippen LogP contribution in [-0.2, 0) is 6.18 Å². The van der Waals surface area contributed by atoms with Crippen LogP contribution in [0.5, 0.6) is 11.5 Å². The Morgan fingerprint density at radius 2 is 1.72 bits per heavy atom. The number of aromatic nitrogens is 4. The number of hydrogen-bond acceptors (Lipinski definition) is 5. The van der Waals surface area contributed by atoms with Gasteiger partial charge in [0.2, 0.25) is 0 Å². The van der Waals surface area contributed by atoms with E-state index in [0.29, 0.717) is 22.4 Å². The van der Waals surface area contributed by atoms with Gasteiger partial charge in [-0.15, -0.1) is 0 Å². The summed E-state index contributed by atoms with van der Waals surface area (Å²) < 4.78 is 44.4. The molecule has 36 heavy (non-hydrogen) atoms. The molecule has 0 aliphatic rings. The molecule has 6 nitrogen and oxygen atoms in total. The topological polar surface area (TPSA) is 80.8 Å². The number of nitrogens with one attached hydrogen (secondary N) is 1. The minimum Gasteiger partial charge on any atom is -0.456 e. The fourth-order valence-electron chi connectivity index (χ4n) is 3.81. The molecule has 0 aliphatic heterocycles.